The number of nitrogens with zero attached hydrogens (tertiary/aromatic N) is 3. The fourth-order valence-corrected chi connectivity index (χ4v) is 3.76. The number of thioether (sulfide) groups is 1. The van der Waals surface area contributed by atoms with E-state index in [9.17, 15) is 9.90 Å². The second kappa shape index (κ2) is 9.41. The van der Waals surface area contributed by atoms with Gasteiger partial charge in [-0.3, -0.25) is 9.36 Å². The number of benzene rings is 2. The third-order valence-corrected chi connectivity index (χ3v) is 5.54. The lowest BCUT2D eigenvalue weighted by Crippen LogP contribution is -2.20. The van der Waals surface area contributed by atoms with Crippen LogP contribution >= 0.6 is 11.8 Å². The molecule has 6 nitrogen and oxygen atoms in total. The second-order valence-corrected chi connectivity index (χ2v) is 7.33. The largest absolute Gasteiger partial charge is 0.507 e. The molecule has 0 bridgehead atoms. The van der Waals surface area contributed by atoms with Crippen molar-refractivity contribution in [1.29, 1.82) is 0 Å². The Morgan fingerprint density at radius 2 is 1.82 bits per heavy atom. The van der Waals surface area contributed by atoms with E-state index < -0.39 is 0 Å². The lowest BCUT2D eigenvalue weighted by atomic mass is 10.1. The van der Waals surface area contributed by atoms with Gasteiger partial charge >= 0.3 is 5.97 Å². The van der Waals surface area contributed by atoms with Crippen LogP contribution in [0.2, 0.25) is 0 Å². The van der Waals surface area contributed by atoms with Gasteiger partial charge in [0.15, 0.2) is 11.0 Å². The summed E-state index contributed by atoms with van der Waals surface area (Å²) in [5.41, 5.74) is 1.67. The molecule has 0 aliphatic carbocycles. The van der Waals surface area contributed by atoms with Gasteiger partial charge < -0.3 is 9.84 Å². The van der Waals surface area contributed by atoms with Crippen molar-refractivity contribution in [1.82, 2.24) is 14.8 Å². The summed E-state index contributed by atoms with van der Waals surface area (Å²) in [4.78, 5) is 12.2. The number of aromatic hydroxyl groups is 1. The average molecular weight is 398 g/mol. The molecule has 146 valence electrons. The standard InChI is InChI=1S/C21H23N3O3S/c1-3-18(20(26)27-4-2)28-21-23-22-19(16-12-8-9-13-17(16)25)24(21)14-15-10-6-5-7-11-15/h5-13,18,25H,3-4,14H2,1-2H3/t18-/m0/s1. The van der Waals surface area contributed by atoms with Crippen molar-refractivity contribution < 1.29 is 14.6 Å². The molecule has 0 fully saturated rings. The zero-order valence-corrected chi connectivity index (χ0v) is 16.7. The Hall–Kier alpha value is -2.80. The highest BCUT2D eigenvalue weighted by atomic mass is 32.2. The van der Waals surface area contributed by atoms with Crippen LogP contribution in [0, 0.1) is 0 Å². The zero-order chi connectivity index (χ0) is 19.9. The molecular formula is C21H23N3O3S. The minimum atomic E-state index is -0.365. The molecule has 0 aliphatic rings. The number of ether oxygens (including phenoxy) is 1. The van der Waals surface area contributed by atoms with Crippen molar-refractivity contribution in [2.45, 2.75) is 37.2 Å². The van der Waals surface area contributed by atoms with Crippen LogP contribution in [0.25, 0.3) is 11.4 Å². The Bertz CT molecular complexity index is 928. The summed E-state index contributed by atoms with van der Waals surface area (Å²) in [6.07, 6.45) is 0.619. The predicted octanol–water partition coefficient (Wildman–Crippen LogP) is 4.13. The molecule has 7 heteroatoms. The summed E-state index contributed by atoms with van der Waals surface area (Å²) in [6.45, 7) is 4.61. The first-order valence-corrected chi connectivity index (χ1v) is 10.1. The van der Waals surface area contributed by atoms with Gasteiger partial charge in [-0.2, -0.15) is 0 Å². The van der Waals surface area contributed by atoms with E-state index in [1.807, 2.05) is 47.9 Å². The number of phenolic OH excluding ortho intramolecular Hbond substituents is 1. The van der Waals surface area contributed by atoms with E-state index in [4.69, 9.17) is 4.74 Å². The van der Waals surface area contributed by atoms with Crippen LogP contribution in [-0.4, -0.2) is 37.7 Å². The molecule has 0 aliphatic heterocycles. The summed E-state index contributed by atoms with van der Waals surface area (Å²) < 4.78 is 7.11. The topological polar surface area (TPSA) is 77.2 Å². The molecule has 1 atom stereocenters. The number of carbonyl (C=O) groups is 1. The van der Waals surface area contributed by atoms with Crippen molar-refractivity contribution in [2.24, 2.45) is 0 Å². The van der Waals surface area contributed by atoms with Crippen LogP contribution in [0.4, 0.5) is 0 Å². The molecule has 0 unspecified atom stereocenters. The zero-order valence-electron chi connectivity index (χ0n) is 15.9. The first-order chi connectivity index (χ1) is 13.6. The van der Waals surface area contributed by atoms with Crippen LogP contribution in [0.3, 0.4) is 0 Å². The molecule has 0 spiro atoms. The monoisotopic (exact) mass is 397 g/mol. The van der Waals surface area contributed by atoms with Crippen LogP contribution in [0.5, 0.6) is 5.75 Å². The fourth-order valence-electron chi connectivity index (χ4n) is 2.81. The highest BCUT2D eigenvalue weighted by Crippen LogP contribution is 2.33. The minimum Gasteiger partial charge on any atom is -0.507 e. The first-order valence-electron chi connectivity index (χ1n) is 9.22. The number of para-hydroxylation sites is 1. The predicted molar refractivity (Wildman–Crippen MR) is 109 cm³/mol. The summed E-state index contributed by atoms with van der Waals surface area (Å²) in [7, 11) is 0. The van der Waals surface area contributed by atoms with Gasteiger partial charge in [-0.1, -0.05) is 61.2 Å². The number of rotatable bonds is 8. The van der Waals surface area contributed by atoms with Crippen molar-refractivity contribution in [2.75, 3.05) is 6.61 Å². The smallest absolute Gasteiger partial charge is 0.319 e. The Labute approximate surface area is 168 Å². The van der Waals surface area contributed by atoms with Crippen molar-refractivity contribution in [3.63, 3.8) is 0 Å². The number of hydrogen-bond donors (Lipinski definition) is 1. The first kappa shape index (κ1) is 19.9. The van der Waals surface area contributed by atoms with Gasteiger partial charge in [0.2, 0.25) is 0 Å². The normalized spacial score (nSPS) is 11.9. The van der Waals surface area contributed by atoms with Crippen molar-refractivity contribution in [3.8, 4) is 17.1 Å². The van der Waals surface area contributed by atoms with Crippen LogP contribution in [0.1, 0.15) is 25.8 Å². The van der Waals surface area contributed by atoms with Crippen molar-refractivity contribution >= 4 is 17.7 Å². The molecule has 2 aromatic carbocycles. The number of esters is 1. The van der Waals surface area contributed by atoms with Gasteiger partial charge in [0.1, 0.15) is 11.0 Å². The van der Waals surface area contributed by atoms with Crippen LogP contribution in [0.15, 0.2) is 59.8 Å². The highest BCUT2D eigenvalue weighted by molar-refractivity contribution is 8.00. The minimum absolute atomic E-state index is 0.137. The van der Waals surface area contributed by atoms with Gasteiger partial charge in [0, 0.05) is 0 Å². The summed E-state index contributed by atoms with van der Waals surface area (Å²) in [6, 6.07) is 17.0. The lowest BCUT2D eigenvalue weighted by Gasteiger charge is -2.15. The molecule has 3 aromatic rings. The quantitative estimate of drug-likeness (QED) is 0.455. The van der Waals surface area contributed by atoms with Crippen molar-refractivity contribution in [3.05, 3.63) is 60.2 Å². The molecule has 1 heterocycles. The molecule has 28 heavy (non-hydrogen) atoms. The SMILES string of the molecule is CCOC(=O)[C@H](CC)Sc1nnc(-c2ccccc2O)n1Cc1ccccc1. The van der Waals surface area contributed by atoms with E-state index in [0.29, 0.717) is 36.1 Å². The van der Waals surface area contributed by atoms with Gasteiger partial charge in [0.05, 0.1) is 18.7 Å². The molecule has 1 N–H and O–H groups in total. The second-order valence-electron chi connectivity index (χ2n) is 6.16. The van der Waals surface area contributed by atoms with Gasteiger partial charge in [0.25, 0.3) is 0 Å². The lowest BCUT2D eigenvalue weighted by molar-refractivity contribution is -0.142. The number of aromatic nitrogens is 3. The molecule has 3 rings (SSSR count). The Morgan fingerprint density at radius 3 is 2.50 bits per heavy atom. The maximum Gasteiger partial charge on any atom is 0.319 e. The number of phenols is 1. The van der Waals surface area contributed by atoms with E-state index in [-0.39, 0.29) is 17.0 Å². The number of carbonyl (C=O) groups excluding carboxylic acids is 1. The molecule has 0 radical (unpaired) electrons. The third-order valence-electron chi connectivity index (χ3n) is 4.21. The fraction of sp³-hybridized carbons (Fsp3) is 0.286. The molecule has 0 amide bonds. The molecular weight excluding hydrogens is 374 g/mol. The van der Waals surface area contributed by atoms with E-state index >= 15 is 0 Å². The highest BCUT2D eigenvalue weighted by Gasteiger charge is 2.24. The third kappa shape index (κ3) is 4.54. The summed E-state index contributed by atoms with van der Waals surface area (Å²) in [5.74, 6) is 0.440. The maximum atomic E-state index is 12.2. The van der Waals surface area contributed by atoms with Crippen LogP contribution in [-0.2, 0) is 16.1 Å². The number of hydrogen-bond acceptors (Lipinski definition) is 6. The summed E-state index contributed by atoms with van der Waals surface area (Å²) >= 11 is 1.34. The molecule has 0 saturated heterocycles. The Kier molecular flexibility index (Phi) is 6.71. The van der Waals surface area contributed by atoms with E-state index in [2.05, 4.69) is 10.2 Å². The van der Waals surface area contributed by atoms with Gasteiger partial charge in [-0.25, -0.2) is 0 Å². The van der Waals surface area contributed by atoms with E-state index in [1.165, 1.54) is 11.8 Å². The Balaban J connectivity index is 2.00. The average Bonchev–Trinajstić information content (AvgIpc) is 3.09. The molecule has 1 aromatic heterocycles. The van der Waals surface area contributed by atoms with E-state index in [0.717, 1.165) is 5.56 Å². The molecule has 0 saturated carbocycles. The Morgan fingerprint density at radius 1 is 1.11 bits per heavy atom. The maximum absolute atomic E-state index is 12.2. The van der Waals surface area contributed by atoms with Gasteiger partial charge in [-0.05, 0) is 31.0 Å². The van der Waals surface area contributed by atoms with Crippen LogP contribution < -0.4 is 0 Å². The van der Waals surface area contributed by atoms with Gasteiger partial charge in [-0.15, -0.1) is 10.2 Å². The summed E-state index contributed by atoms with van der Waals surface area (Å²) in [5, 5.41) is 19.2. The van der Waals surface area contributed by atoms with E-state index in [1.54, 1.807) is 25.1 Å².